The van der Waals surface area contributed by atoms with Crippen molar-refractivity contribution in [2.45, 2.75) is 6.92 Å². The van der Waals surface area contributed by atoms with Crippen molar-refractivity contribution in [1.29, 1.82) is 0 Å². The van der Waals surface area contributed by atoms with E-state index in [0.29, 0.717) is 17.6 Å². The van der Waals surface area contributed by atoms with E-state index in [1.54, 1.807) is 18.4 Å². The number of nitrogens with zero attached hydrogens (tertiary/aromatic N) is 3. The Kier molecular flexibility index (Phi) is 3.31. The first-order valence-electron chi connectivity index (χ1n) is 7.08. The molecule has 3 heterocycles. The van der Waals surface area contributed by atoms with Crippen molar-refractivity contribution in [3.05, 3.63) is 47.3 Å². The first-order chi connectivity index (χ1) is 11.3. The summed E-state index contributed by atoms with van der Waals surface area (Å²) in [6.45, 7) is 2.03. The topological polar surface area (TPSA) is 61.0 Å². The number of benzene rings is 1. The lowest BCUT2D eigenvalue weighted by molar-refractivity contribution is 0.399. The van der Waals surface area contributed by atoms with Crippen LogP contribution in [0.3, 0.4) is 0 Å². The van der Waals surface area contributed by atoms with Gasteiger partial charge in [0.1, 0.15) is 0 Å². The number of fused-ring (bicyclic) bond motifs is 1. The predicted octanol–water partition coefficient (Wildman–Crippen LogP) is 4.33. The Morgan fingerprint density at radius 3 is 2.83 bits per heavy atom. The highest BCUT2D eigenvalue weighted by Gasteiger charge is 2.17. The lowest BCUT2D eigenvalue weighted by Crippen LogP contribution is -1.95. The lowest BCUT2D eigenvalue weighted by atomic mass is 10.1. The SMILES string of the molecule is COc1nc2c(C)cccc2cc1-c1noc(-c2cccs2)n1. The second-order valence-electron chi connectivity index (χ2n) is 5.09. The Morgan fingerprint density at radius 2 is 2.04 bits per heavy atom. The zero-order chi connectivity index (χ0) is 15.8. The van der Waals surface area contributed by atoms with Crippen molar-refractivity contribution < 1.29 is 9.26 Å². The second kappa shape index (κ2) is 5.48. The molecule has 4 aromatic rings. The number of hydrogen-bond donors (Lipinski definition) is 0. The van der Waals surface area contributed by atoms with Crippen LogP contribution in [-0.2, 0) is 0 Å². The summed E-state index contributed by atoms with van der Waals surface area (Å²) in [7, 11) is 1.59. The molecule has 0 aliphatic heterocycles. The molecule has 0 N–H and O–H groups in total. The minimum absolute atomic E-state index is 0.473. The van der Waals surface area contributed by atoms with E-state index < -0.39 is 0 Å². The lowest BCUT2D eigenvalue weighted by Gasteiger charge is -2.07. The first-order valence-corrected chi connectivity index (χ1v) is 7.96. The fourth-order valence-electron chi connectivity index (χ4n) is 2.48. The van der Waals surface area contributed by atoms with Crippen LogP contribution in [0.15, 0.2) is 46.3 Å². The molecular weight excluding hydrogens is 310 g/mol. The molecule has 0 fully saturated rings. The maximum Gasteiger partial charge on any atom is 0.268 e. The zero-order valence-corrected chi connectivity index (χ0v) is 13.4. The van der Waals surface area contributed by atoms with Crippen LogP contribution in [0.25, 0.3) is 33.1 Å². The fraction of sp³-hybridized carbons (Fsp3) is 0.118. The quantitative estimate of drug-likeness (QED) is 0.561. The van der Waals surface area contributed by atoms with Gasteiger partial charge in [0, 0.05) is 5.39 Å². The third-order valence-electron chi connectivity index (χ3n) is 3.60. The molecule has 0 radical (unpaired) electrons. The van der Waals surface area contributed by atoms with E-state index in [1.165, 1.54) is 0 Å². The molecule has 114 valence electrons. The van der Waals surface area contributed by atoms with Gasteiger partial charge in [0.15, 0.2) is 0 Å². The molecule has 0 saturated carbocycles. The van der Waals surface area contributed by atoms with Gasteiger partial charge >= 0.3 is 0 Å². The summed E-state index contributed by atoms with van der Waals surface area (Å²) in [5.41, 5.74) is 2.73. The van der Waals surface area contributed by atoms with Crippen molar-refractivity contribution in [1.82, 2.24) is 15.1 Å². The van der Waals surface area contributed by atoms with E-state index in [-0.39, 0.29) is 0 Å². The molecule has 0 saturated heterocycles. The van der Waals surface area contributed by atoms with Crippen molar-refractivity contribution in [2.24, 2.45) is 0 Å². The van der Waals surface area contributed by atoms with Crippen LogP contribution in [0.2, 0.25) is 0 Å². The van der Waals surface area contributed by atoms with Crippen molar-refractivity contribution >= 4 is 22.2 Å². The Hall–Kier alpha value is -2.73. The molecule has 3 aromatic heterocycles. The molecule has 1 aromatic carbocycles. The maximum atomic E-state index is 5.43. The molecule has 0 aliphatic carbocycles. The Bertz CT molecular complexity index is 977. The van der Waals surface area contributed by atoms with Crippen molar-refractivity contribution in [3.8, 4) is 28.0 Å². The van der Waals surface area contributed by atoms with E-state index >= 15 is 0 Å². The molecule has 0 aliphatic rings. The number of methoxy groups -OCH3 is 1. The van der Waals surface area contributed by atoms with Gasteiger partial charge in [-0.1, -0.05) is 29.4 Å². The van der Waals surface area contributed by atoms with Crippen LogP contribution < -0.4 is 4.74 Å². The van der Waals surface area contributed by atoms with Gasteiger partial charge in [-0.05, 0) is 30.0 Å². The van der Waals surface area contributed by atoms with Gasteiger partial charge in [-0.25, -0.2) is 4.98 Å². The molecule has 5 nitrogen and oxygen atoms in total. The highest BCUT2D eigenvalue weighted by molar-refractivity contribution is 7.13. The molecule has 0 unspecified atom stereocenters. The van der Waals surface area contributed by atoms with Gasteiger partial charge in [-0.3, -0.25) is 0 Å². The van der Waals surface area contributed by atoms with Gasteiger partial charge in [-0.15, -0.1) is 11.3 Å². The van der Waals surface area contributed by atoms with Crippen LogP contribution in [0.1, 0.15) is 5.56 Å². The smallest absolute Gasteiger partial charge is 0.268 e. The number of thiophene rings is 1. The number of rotatable bonds is 3. The minimum Gasteiger partial charge on any atom is -0.480 e. The van der Waals surface area contributed by atoms with Gasteiger partial charge < -0.3 is 9.26 Å². The van der Waals surface area contributed by atoms with Crippen LogP contribution in [0.4, 0.5) is 0 Å². The summed E-state index contributed by atoms with van der Waals surface area (Å²) in [4.78, 5) is 10.0. The number of aryl methyl sites for hydroxylation is 1. The highest BCUT2D eigenvalue weighted by Crippen LogP contribution is 2.32. The van der Waals surface area contributed by atoms with Crippen LogP contribution in [-0.4, -0.2) is 22.2 Å². The summed E-state index contributed by atoms with van der Waals surface area (Å²) in [5.74, 6) is 1.47. The van der Waals surface area contributed by atoms with E-state index in [4.69, 9.17) is 9.26 Å². The summed E-state index contributed by atoms with van der Waals surface area (Å²) in [6.07, 6.45) is 0. The van der Waals surface area contributed by atoms with Gasteiger partial charge in [-0.2, -0.15) is 4.98 Å². The third-order valence-corrected chi connectivity index (χ3v) is 4.46. The number of ether oxygens (including phenoxy) is 1. The van der Waals surface area contributed by atoms with E-state index in [9.17, 15) is 0 Å². The average Bonchev–Trinajstić information content (AvgIpc) is 3.25. The van der Waals surface area contributed by atoms with Crippen LogP contribution in [0, 0.1) is 6.92 Å². The molecule has 0 atom stereocenters. The monoisotopic (exact) mass is 323 g/mol. The number of pyridine rings is 1. The number of para-hydroxylation sites is 1. The van der Waals surface area contributed by atoms with Crippen molar-refractivity contribution in [3.63, 3.8) is 0 Å². The summed E-state index contributed by atoms with van der Waals surface area (Å²) in [5, 5.41) is 7.07. The predicted molar refractivity (Wildman–Crippen MR) is 89.6 cm³/mol. The molecule has 0 amide bonds. The molecular formula is C17H13N3O2S. The van der Waals surface area contributed by atoms with E-state index in [0.717, 1.165) is 26.9 Å². The first kappa shape index (κ1) is 13.9. The Morgan fingerprint density at radius 1 is 1.13 bits per heavy atom. The average molecular weight is 323 g/mol. The molecule has 6 heteroatoms. The standard InChI is InChI=1S/C17H13N3O2S/c1-10-5-3-6-11-9-12(16(21-2)18-14(10)11)15-19-17(22-20-15)13-7-4-8-23-13/h3-9H,1-2H3. The van der Waals surface area contributed by atoms with Gasteiger partial charge in [0.05, 0.1) is 23.1 Å². The Balaban J connectivity index is 1.88. The molecule has 23 heavy (non-hydrogen) atoms. The van der Waals surface area contributed by atoms with Crippen LogP contribution >= 0.6 is 11.3 Å². The molecule has 0 bridgehead atoms. The third kappa shape index (κ3) is 2.37. The van der Waals surface area contributed by atoms with Crippen LogP contribution in [0.5, 0.6) is 5.88 Å². The number of hydrogen-bond acceptors (Lipinski definition) is 6. The fourth-order valence-corrected chi connectivity index (χ4v) is 3.12. The number of aromatic nitrogens is 3. The summed E-state index contributed by atoms with van der Waals surface area (Å²) < 4.78 is 10.8. The summed E-state index contributed by atoms with van der Waals surface area (Å²) in [6, 6.07) is 11.9. The highest BCUT2D eigenvalue weighted by atomic mass is 32.1. The largest absolute Gasteiger partial charge is 0.480 e. The maximum absolute atomic E-state index is 5.43. The van der Waals surface area contributed by atoms with Gasteiger partial charge in [0.25, 0.3) is 5.89 Å². The van der Waals surface area contributed by atoms with Crippen molar-refractivity contribution in [2.75, 3.05) is 7.11 Å². The normalized spacial score (nSPS) is 11.0. The van der Waals surface area contributed by atoms with Gasteiger partial charge in [0.2, 0.25) is 11.7 Å². The molecule has 4 rings (SSSR count). The second-order valence-corrected chi connectivity index (χ2v) is 6.04. The van der Waals surface area contributed by atoms with E-state index in [1.807, 2.05) is 48.7 Å². The minimum atomic E-state index is 0.473. The van der Waals surface area contributed by atoms with E-state index in [2.05, 4.69) is 15.1 Å². The summed E-state index contributed by atoms with van der Waals surface area (Å²) >= 11 is 1.56. The molecule has 0 spiro atoms. The zero-order valence-electron chi connectivity index (χ0n) is 12.6. The Labute approximate surface area is 136 Å².